The highest BCUT2D eigenvalue weighted by Gasteiger charge is 2.11. The summed E-state index contributed by atoms with van der Waals surface area (Å²) in [5, 5.41) is 9.57. The third kappa shape index (κ3) is 3.26. The maximum Gasteiger partial charge on any atom is 0.165 e. The first-order chi connectivity index (χ1) is 9.49. The fraction of sp³-hybridized carbons (Fsp3) is 0.200. The molecule has 0 saturated carbocycles. The Morgan fingerprint density at radius 3 is 2.55 bits per heavy atom. The van der Waals surface area contributed by atoms with Gasteiger partial charge in [0.25, 0.3) is 0 Å². The second-order valence-electron chi connectivity index (χ2n) is 4.35. The van der Waals surface area contributed by atoms with E-state index in [0.29, 0.717) is 5.56 Å². The molecular weight excluding hydrogens is 286 g/mol. The molecule has 2 nitrogen and oxygen atoms in total. The van der Waals surface area contributed by atoms with Gasteiger partial charge in [-0.15, -0.1) is 0 Å². The van der Waals surface area contributed by atoms with Gasteiger partial charge in [0.05, 0.1) is 11.1 Å². The molecule has 0 heterocycles. The third-order valence-electron chi connectivity index (χ3n) is 2.87. The van der Waals surface area contributed by atoms with Crippen molar-refractivity contribution in [3.63, 3.8) is 0 Å². The zero-order chi connectivity index (χ0) is 14.7. The van der Waals surface area contributed by atoms with Gasteiger partial charge in [-0.05, 0) is 36.8 Å². The minimum atomic E-state index is -0.764. The van der Waals surface area contributed by atoms with Gasteiger partial charge in [0.1, 0.15) is 12.4 Å². The van der Waals surface area contributed by atoms with Gasteiger partial charge < -0.3 is 9.84 Å². The molecule has 2 aromatic carbocycles. The molecule has 0 amide bonds. The summed E-state index contributed by atoms with van der Waals surface area (Å²) in [4.78, 5) is 0. The second kappa shape index (κ2) is 6.20. The maximum absolute atomic E-state index is 13.8. The van der Waals surface area contributed by atoms with Gasteiger partial charge >= 0.3 is 0 Å². The van der Waals surface area contributed by atoms with Crippen LogP contribution in [0, 0.1) is 11.6 Å². The van der Waals surface area contributed by atoms with E-state index < -0.39 is 17.7 Å². The van der Waals surface area contributed by atoms with Crippen LogP contribution in [0.15, 0.2) is 36.4 Å². The van der Waals surface area contributed by atoms with E-state index in [2.05, 4.69) is 0 Å². The number of rotatable bonds is 4. The summed E-state index contributed by atoms with van der Waals surface area (Å²) in [6.45, 7) is 1.37. The molecule has 106 valence electrons. The first kappa shape index (κ1) is 14.8. The molecule has 0 aromatic heterocycles. The number of hydrogen-bond donors (Lipinski definition) is 1. The van der Waals surface area contributed by atoms with Crippen molar-refractivity contribution in [2.75, 3.05) is 0 Å². The molecule has 0 fully saturated rings. The van der Waals surface area contributed by atoms with Gasteiger partial charge in [-0.1, -0.05) is 23.7 Å². The van der Waals surface area contributed by atoms with Crippen molar-refractivity contribution >= 4 is 11.6 Å². The normalized spacial score (nSPS) is 12.2. The van der Waals surface area contributed by atoms with E-state index in [-0.39, 0.29) is 22.9 Å². The highest BCUT2D eigenvalue weighted by atomic mass is 35.5. The number of ether oxygens (including phenoxy) is 1. The monoisotopic (exact) mass is 298 g/mol. The Kier molecular flexibility index (Phi) is 4.57. The van der Waals surface area contributed by atoms with E-state index in [9.17, 15) is 13.9 Å². The number of aliphatic hydroxyl groups is 1. The number of halogens is 3. The molecule has 5 heteroatoms. The summed E-state index contributed by atoms with van der Waals surface area (Å²) in [5.41, 5.74) is 0.618. The Morgan fingerprint density at radius 1 is 1.20 bits per heavy atom. The van der Waals surface area contributed by atoms with E-state index >= 15 is 0 Å². The minimum absolute atomic E-state index is 0.0197. The summed E-state index contributed by atoms with van der Waals surface area (Å²) in [5.74, 6) is -1.14. The smallest absolute Gasteiger partial charge is 0.165 e. The Hall–Kier alpha value is -1.65. The van der Waals surface area contributed by atoms with E-state index in [1.165, 1.54) is 37.3 Å². The molecule has 1 atom stereocenters. The predicted molar refractivity (Wildman–Crippen MR) is 72.8 cm³/mol. The maximum atomic E-state index is 13.8. The van der Waals surface area contributed by atoms with Crippen LogP contribution in [0.4, 0.5) is 8.78 Å². The van der Waals surface area contributed by atoms with Crippen molar-refractivity contribution in [3.8, 4) is 5.75 Å². The van der Waals surface area contributed by atoms with Crippen LogP contribution in [0.25, 0.3) is 0 Å². The van der Waals surface area contributed by atoms with Gasteiger partial charge in [-0.3, -0.25) is 0 Å². The fourth-order valence-electron chi connectivity index (χ4n) is 1.71. The lowest BCUT2D eigenvalue weighted by Gasteiger charge is -2.11. The highest BCUT2D eigenvalue weighted by molar-refractivity contribution is 6.31. The largest absolute Gasteiger partial charge is 0.486 e. The molecule has 0 saturated heterocycles. The Bertz CT molecular complexity index is 595. The standard InChI is InChI=1S/C15H13ClF2O2/c1-9(19)10-5-6-15(14(18)7-10)20-8-11-12(16)3-2-4-13(11)17/h2-7,9,19H,8H2,1H3/t9-/m0/s1. The SMILES string of the molecule is C[C@H](O)c1ccc(OCc2c(F)cccc2Cl)c(F)c1. The molecule has 0 aliphatic heterocycles. The first-order valence-electron chi connectivity index (χ1n) is 6.02. The van der Waals surface area contributed by atoms with Crippen molar-refractivity contribution in [1.29, 1.82) is 0 Å². The lowest BCUT2D eigenvalue weighted by Crippen LogP contribution is -2.02. The molecule has 0 aliphatic carbocycles. The summed E-state index contributed by atoms with van der Waals surface area (Å²) < 4.78 is 32.5. The molecule has 0 bridgehead atoms. The van der Waals surface area contributed by atoms with Crippen molar-refractivity contribution in [2.45, 2.75) is 19.6 Å². The highest BCUT2D eigenvalue weighted by Crippen LogP contribution is 2.25. The van der Waals surface area contributed by atoms with Crippen LogP contribution in [0.1, 0.15) is 24.2 Å². The first-order valence-corrected chi connectivity index (χ1v) is 6.40. The van der Waals surface area contributed by atoms with Gasteiger partial charge in [-0.25, -0.2) is 8.78 Å². The summed E-state index contributed by atoms with van der Waals surface area (Å²) >= 11 is 5.86. The van der Waals surface area contributed by atoms with Gasteiger partial charge in [0.15, 0.2) is 11.6 Å². The van der Waals surface area contributed by atoms with Gasteiger partial charge in [0.2, 0.25) is 0 Å². The van der Waals surface area contributed by atoms with Crippen molar-refractivity contribution in [3.05, 3.63) is 64.2 Å². The van der Waals surface area contributed by atoms with Crippen molar-refractivity contribution in [1.82, 2.24) is 0 Å². The topological polar surface area (TPSA) is 29.5 Å². The van der Waals surface area contributed by atoms with E-state index in [0.717, 1.165) is 0 Å². The van der Waals surface area contributed by atoms with Gasteiger partial charge in [0, 0.05) is 5.56 Å². The average Bonchev–Trinajstić information content (AvgIpc) is 2.39. The summed E-state index contributed by atoms with van der Waals surface area (Å²) in [6.07, 6.45) is -0.764. The number of benzene rings is 2. The Morgan fingerprint density at radius 2 is 1.95 bits per heavy atom. The number of hydrogen-bond acceptors (Lipinski definition) is 2. The Balaban J connectivity index is 2.15. The molecule has 0 unspecified atom stereocenters. The zero-order valence-corrected chi connectivity index (χ0v) is 11.5. The molecule has 20 heavy (non-hydrogen) atoms. The summed E-state index contributed by atoms with van der Waals surface area (Å²) in [6, 6.07) is 8.41. The minimum Gasteiger partial charge on any atom is -0.486 e. The quantitative estimate of drug-likeness (QED) is 0.914. The van der Waals surface area contributed by atoms with Crippen LogP contribution in [0.5, 0.6) is 5.75 Å². The van der Waals surface area contributed by atoms with E-state index in [4.69, 9.17) is 16.3 Å². The van der Waals surface area contributed by atoms with Crippen LogP contribution >= 0.6 is 11.6 Å². The molecular formula is C15H13ClF2O2. The molecule has 0 spiro atoms. The fourth-order valence-corrected chi connectivity index (χ4v) is 1.93. The lowest BCUT2D eigenvalue weighted by atomic mass is 10.1. The Labute approximate surface area is 120 Å². The molecule has 2 aromatic rings. The van der Waals surface area contributed by atoms with Crippen LogP contribution in [0.2, 0.25) is 5.02 Å². The van der Waals surface area contributed by atoms with Crippen LogP contribution in [-0.4, -0.2) is 5.11 Å². The van der Waals surface area contributed by atoms with Crippen LogP contribution in [-0.2, 0) is 6.61 Å². The molecule has 0 radical (unpaired) electrons. The van der Waals surface area contributed by atoms with Crippen LogP contribution in [0.3, 0.4) is 0 Å². The van der Waals surface area contributed by atoms with E-state index in [1.54, 1.807) is 6.07 Å². The number of aliphatic hydroxyl groups excluding tert-OH is 1. The average molecular weight is 299 g/mol. The molecule has 2 rings (SSSR count). The van der Waals surface area contributed by atoms with Gasteiger partial charge in [-0.2, -0.15) is 0 Å². The zero-order valence-electron chi connectivity index (χ0n) is 10.7. The van der Waals surface area contributed by atoms with Crippen molar-refractivity contribution in [2.24, 2.45) is 0 Å². The van der Waals surface area contributed by atoms with E-state index in [1.807, 2.05) is 0 Å². The summed E-state index contributed by atoms with van der Waals surface area (Å²) in [7, 11) is 0. The predicted octanol–water partition coefficient (Wildman–Crippen LogP) is 4.25. The third-order valence-corrected chi connectivity index (χ3v) is 3.23. The molecule has 0 aliphatic rings. The molecule has 1 N–H and O–H groups in total. The lowest BCUT2D eigenvalue weighted by molar-refractivity contribution is 0.198. The van der Waals surface area contributed by atoms with Crippen molar-refractivity contribution < 1.29 is 18.6 Å². The van der Waals surface area contributed by atoms with Crippen LogP contribution < -0.4 is 4.74 Å². The second-order valence-corrected chi connectivity index (χ2v) is 4.76.